The molecule has 1 saturated heterocycles. The summed E-state index contributed by atoms with van der Waals surface area (Å²) in [4.78, 5) is 14.4. The van der Waals surface area contributed by atoms with Gasteiger partial charge in [-0.25, -0.2) is 0 Å². The number of morpholine rings is 1. The van der Waals surface area contributed by atoms with E-state index in [1.807, 2.05) is 31.2 Å². The highest BCUT2D eigenvalue weighted by Crippen LogP contribution is 2.13. The lowest BCUT2D eigenvalue weighted by Crippen LogP contribution is -2.48. The van der Waals surface area contributed by atoms with E-state index in [2.05, 4.69) is 24.1 Å². The van der Waals surface area contributed by atoms with E-state index < -0.39 is 0 Å². The van der Waals surface area contributed by atoms with Crippen molar-refractivity contribution in [2.24, 2.45) is 5.92 Å². The smallest absolute Gasteiger partial charge is 0.244 e. The fourth-order valence-electron chi connectivity index (χ4n) is 2.87. The summed E-state index contributed by atoms with van der Waals surface area (Å²) in [5.41, 5.74) is 0.968. The lowest BCUT2D eigenvalue weighted by atomic mass is 10.2. The number of carbonyl (C=O) groups excluding carboxylic acids is 1. The summed E-state index contributed by atoms with van der Waals surface area (Å²) in [5.74, 6) is 1.38. The second kappa shape index (κ2) is 10.2. The quantitative estimate of drug-likeness (QED) is 0.735. The first-order valence-electron chi connectivity index (χ1n) is 9.09. The number of hydrogen-bond donors (Lipinski definition) is 1. The average Bonchev–Trinajstić information content (AvgIpc) is 2.59. The van der Waals surface area contributed by atoms with Crippen molar-refractivity contribution < 1.29 is 14.3 Å². The Morgan fingerprint density at radius 2 is 2.16 bits per heavy atom. The summed E-state index contributed by atoms with van der Waals surface area (Å²) < 4.78 is 11.1. The van der Waals surface area contributed by atoms with Crippen LogP contribution in [0.5, 0.6) is 5.75 Å². The van der Waals surface area contributed by atoms with Gasteiger partial charge in [-0.05, 0) is 36.6 Å². The SMILES string of the molecule is CCOc1ccc(/C=C/C(=O)NCC2CN(CC(C)C)CCO2)cc1. The summed E-state index contributed by atoms with van der Waals surface area (Å²) in [6.07, 6.45) is 3.43. The fourth-order valence-corrected chi connectivity index (χ4v) is 2.87. The predicted molar refractivity (Wildman–Crippen MR) is 101 cm³/mol. The summed E-state index contributed by atoms with van der Waals surface area (Å²) in [6.45, 7) is 11.2. The molecule has 1 N–H and O–H groups in total. The van der Waals surface area contributed by atoms with Crippen LogP contribution in [0.2, 0.25) is 0 Å². The van der Waals surface area contributed by atoms with Crippen molar-refractivity contribution in [3.63, 3.8) is 0 Å². The van der Waals surface area contributed by atoms with Crippen LogP contribution in [0.4, 0.5) is 0 Å². The van der Waals surface area contributed by atoms with Gasteiger partial charge in [0.25, 0.3) is 0 Å². The molecule has 0 aliphatic carbocycles. The molecule has 1 fully saturated rings. The van der Waals surface area contributed by atoms with Gasteiger partial charge in [0.05, 0.1) is 19.3 Å². The summed E-state index contributed by atoms with van der Waals surface area (Å²) in [5, 5.41) is 2.93. The van der Waals surface area contributed by atoms with Gasteiger partial charge in [0, 0.05) is 32.3 Å². The van der Waals surface area contributed by atoms with Crippen molar-refractivity contribution in [1.29, 1.82) is 0 Å². The van der Waals surface area contributed by atoms with E-state index in [9.17, 15) is 4.79 Å². The van der Waals surface area contributed by atoms with E-state index >= 15 is 0 Å². The van der Waals surface area contributed by atoms with E-state index in [1.54, 1.807) is 12.2 Å². The standard InChI is InChI=1S/C20H30N2O3/c1-4-24-18-8-5-17(6-9-18)7-10-20(23)21-13-19-15-22(11-12-25-19)14-16(2)3/h5-10,16,19H,4,11-15H2,1-3H3,(H,21,23)/b10-7+. The van der Waals surface area contributed by atoms with Gasteiger partial charge < -0.3 is 14.8 Å². The topological polar surface area (TPSA) is 50.8 Å². The minimum absolute atomic E-state index is 0.0651. The molecule has 1 amide bonds. The van der Waals surface area contributed by atoms with E-state index in [0.29, 0.717) is 19.1 Å². The van der Waals surface area contributed by atoms with Crippen molar-refractivity contribution in [3.05, 3.63) is 35.9 Å². The normalized spacial score (nSPS) is 18.6. The van der Waals surface area contributed by atoms with Gasteiger partial charge in [-0.3, -0.25) is 9.69 Å². The number of amides is 1. The highest BCUT2D eigenvalue weighted by Gasteiger charge is 2.20. The Morgan fingerprint density at radius 3 is 2.84 bits per heavy atom. The molecule has 1 aliphatic rings. The van der Waals surface area contributed by atoms with Gasteiger partial charge in [0.2, 0.25) is 5.91 Å². The monoisotopic (exact) mass is 346 g/mol. The molecule has 0 radical (unpaired) electrons. The van der Waals surface area contributed by atoms with Crippen LogP contribution in [-0.4, -0.2) is 56.3 Å². The molecule has 5 heteroatoms. The molecular formula is C20H30N2O3. The minimum Gasteiger partial charge on any atom is -0.494 e. The third-order valence-corrected chi connectivity index (χ3v) is 3.97. The van der Waals surface area contributed by atoms with Crippen molar-refractivity contribution in [2.75, 3.05) is 39.4 Å². The Labute approximate surface area is 151 Å². The molecule has 0 saturated carbocycles. The van der Waals surface area contributed by atoms with Crippen LogP contribution in [0.3, 0.4) is 0 Å². The molecule has 1 heterocycles. The molecule has 138 valence electrons. The van der Waals surface area contributed by atoms with E-state index in [-0.39, 0.29) is 12.0 Å². The number of nitrogens with zero attached hydrogens (tertiary/aromatic N) is 1. The molecule has 0 aromatic heterocycles. The van der Waals surface area contributed by atoms with Crippen LogP contribution >= 0.6 is 0 Å². The van der Waals surface area contributed by atoms with Crippen LogP contribution in [0.25, 0.3) is 6.08 Å². The Balaban J connectivity index is 1.74. The van der Waals surface area contributed by atoms with Crippen molar-refractivity contribution >= 4 is 12.0 Å². The van der Waals surface area contributed by atoms with Gasteiger partial charge in [0.15, 0.2) is 0 Å². The fraction of sp³-hybridized carbons (Fsp3) is 0.550. The van der Waals surface area contributed by atoms with Crippen LogP contribution in [0.1, 0.15) is 26.3 Å². The zero-order valence-corrected chi connectivity index (χ0v) is 15.5. The van der Waals surface area contributed by atoms with E-state index in [1.165, 1.54) is 0 Å². The molecule has 1 unspecified atom stereocenters. The molecule has 1 aromatic carbocycles. The molecule has 1 atom stereocenters. The van der Waals surface area contributed by atoms with E-state index in [0.717, 1.165) is 37.6 Å². The number of ether oxygens (including phenoxy) is 2. The zero-order valence-electron chi connectivity index (χ0n) is 15.5. The van der Waals surface area contributed by atoms with Gasteiger partial charge in [0.1, 0.15) is 5.75 Å². The largest absolute Gasteiger partial charge is 0.494 e. The third-order valence-electron chi connectivity index (χ3n) is 3.97. The van der Waals surface area contributed by atoms with Crippen molar-refractivity contribution in [2.45, 2.75) is 26.9 Å². The molecule has 1 aromatic rings. The molecule has 0 spiro atoms. The highest BCUT2D eigenvalue weighted by atomic mass is 16.5. The first-order valence-corrected chi connectivity index (χ1v) is 9.09. The molecule has 25 heavy (non-hydrogen) atoms. The molecule has 5 nitrogen and oxygen atoms in total. The third kappa shape index (κ3) is 7.28. The number of carbonyl (C=O) groups is 1. The Hall–Kier alpha value is -1.85. The average molecular weight is 346 g/mol. The Kier molecular flexibility index (Phi) is 7.95. The van der Waals surface area contributed by atoms with Crippen LogP contribution < -0.4 is 10.1 Å². The second-order valence-corrected chi connectivity index (χ2v) is 6.73. The zero-order chi connectivity index (χ0) is 18.1. The summed E-state index contributed by atoms with van der Waals surface area (Å²) >= 11 is 0. The maximum absolute atomic E-state index is 12.0. The first-order chi connectivity index (χ1) is 12.1. The number of rotatable bonds is 8. The maximum atomic E-state index is 12.0. The van der Waals surface area contributed by atoms with Crippen LogP contribution in [0, 0.1) is 5.92 Å². The number of benzene rings is 1. The lowest BCUT2D eigenvalue weighted by molar-refractivity contribution is -0.117. The lowest BCUT2D eigenvalue weighted by Gasteiger charge is -2.33. The maximum Gasteiger partial charge on any atom is 0.244 e. The van der Waals surface area contributed by atoms with Crippen LogP contribution in [0.15, 0.2) is 30.3 Å². The number of hydrogen-bond acceptors (Lipinski definition) is 4. The first kappa shape index (κ1) is 19.5. The molecule has 2 rings (SSSR count). The van der Waals surface area contributed by atoms with E-state index in [4.69, 9.17) is 9.47 Å². The highest BCUT2D eigenvalue weighted by molar-refractivity contribution is 5.91. The molecule has 0 bridgehead atoms. The Morgan fingerprint density at radius 1 is 1.40 bits per heavy atom. The minimum atomic E-state index is -0.0986. The van der Waals surface area contributed by atoms with Gasteiger partial charge >= 0.3 is 0 Å². The second-order valence-electron chi connectivity index (χ2n) is 6.73. The summed E-state index contributed by atoms with van der Waals surface area (Å²) in [6, 6.07) is 7.67. The molecule has 1 aliphatic heterocycles. The van der Waals surface area contributed by atoms with Crippen LogP contribution in [-0.2, 0) is 9.53 Å². The molecular weight excluding hydrogens is 316 g/mol. The Bertz CT molecular complexity index is 555. The van der Waals surface area contributed by atoms with Crippen molar-refractivity contribution in [3.8, 4) is 5.75 Å². The van der Waals surface area contributed by atoms with Gasteiger partial charge in [-0.15, -0.1) is 0 Å². The summed E-state index contributed by atoms with van der Waals surface area (Å²) in [7, 11) is 0. The van der Waals surface area contributed by atoms with Crippen molar-refractivity contribution in [1.82, 2.24) is 10.2 Å². The predicted octanol–water partition coefficient (Wildman–Crippen LogP) is 2.57. The number of nitrogens with one attached hydrogen (secondary N) is 1. The van der Waals surface area contributed by atoms with Gasteiger partial charge in [-0.2, -0.15) is 0 Å². The van der Waals surface area contributed by atoms with Gasteiger partial charge in [-0.1, -0.05) is 26.0 Å².